The van der Waals surface area contributed by atoms with Crippen molar-refractivity contribution in [3.8, 4) is 5.69 Å². The SMILES string of the molecule is N=c1[se]c(C(=O)c2nc3ccccc3s2)nn1-c1ccccc1. The van der Waals surface area contributed by atoms with Crippen LogP contribution in [0.3, 0.4) is 0 Å². The van der Waals surface area contributed by atoms with Gasteiger partial charge in [-0.05, 0) is 0 Å². The zero-order valence-corrected chi connectivity index (χ0v) is 14.3. The van der Waals surface area contributed by atoms with Crippen LogP contribution in [0.2, 0.25) is 0 Å². The first-order valence-corrected chi connectivity index (χ1v) is 9.36. The van der Waals surface area contributed by atoms with E-state index in [4.69, 9.17) is 5.41 Å². The molecule has 0 unspecified atom stereocenters. The molecule has 0 spiro atoms. The van der Waals surface area contributed by atoms with Gasteiger partial charge in [0.1, 0.15) is 0 Å². The summed E-state index contributed by atoms with van der Waals surface area (Å²) in [6.45, 7) is 0. The van der Waals surface area contributed by atoms with Crippen molar-refractivity contribution in [2.75, 3.05) is 0 Å². The van der Waals surface area contributed by atoms with Crippen LogP contribution in [-0.2, 0) is 0 Å². The summed E-state index contributed by atoms with van der Waals surface area (Å²) < 4.78 is 3.29. The van der Waals surface area contributed by atoms with Crippen LogP contribution in [0.5, 0.6) is 0 Å². The second-order valence-electron chi connectivity index (χ2n) is 4.78. The number of ketones is 1. The van der Waals surface area contributed by atoms with Crippen LogP contribution in [0.15, 0.2) is 54.6 Å². The summed E-state index contributed by atoms with van der Waals surface area (Å²) in [5, 5.41) is 12.9. The third kappa shape index (κ3) is 2.59. The molecule has 4 rings (SSSR count). The monoisotopic (exact) mass is 386 g/mol. The van der Waals surface area contributed by atoms with Gasteiger partial charge in [-0.25, -0.2) is 0 Å². The summed E-state index contributed by atoms with van der Waals surface area (Å²) in [7, 11) is 0. The normalized spacial score (nSPS) is 11.0. The molecule has 0 amide bonds. The number of benzene rings is 2. The van der Waals surface area contributed by atoms with Crippen LogP contribution in [0.4, 0.5) is 0 Å². The number of rotatable bonds is 3. The minimum atomic E-state index is -0.398. The molecule has 0 aliphatic heterocycles. The third-order valence-electron chi connectivity index (χ3n) is 3.26. The van der Waals surface area contributed by atoms with Crippen LogP contribution in [0, 0.1) is 5.41 Å². The van der Waals surface area contributed by atoms with Gasteiger partial charge in [0.25, 0.3) is 0 Å². The predicted molar refractivity (Wildman–Crippen MR) is 89.4 cm³/mol. The number of carbonyl (C=O) groups excluding carboxylic acids is 1. The van der Waals surface area contributed by atoms with E-state index < -0.39 is 14.5 Å². The molecule has 1 N–H and O–H groups in total. The number of carbonyl (C=O) groups is 1. The Hall–Kier alpha value is -2.34. The molecule has 2 heterocycles. The van der Waals surface area contributed by atoms with Gasteiger partial charge in [0.05, 0.1) is 0 Å². The quantitative estimate of drug-likeness (QED) is 0.434. The molecule has 4 aromatic rings. The van der Waals surface area contributed by atoms with Gasteiger partial charge in [0.15, 0.2) is 0 Å². The number of fused-ring (bicyclic) bond motifs is 1. The van der Waals surface area contributed by atoms with Crippen LogP contribution >= 0.6 is 11.3 Å². The van der Waals surface area contributed by atoms with Gasteiger partial charge in [0, 0.05) is 0 Å². The average molecular weight is 385 g/mol. The summed E-state index contributed by atoms with van der Waals surface area (Å²) >= 11 is 0.972. The third-order valence-corrected chi connectivity index (χ3v) is 6.03. The first-order valence-electron chi connectivity index (χ1n) is 6.83. The molecular formula is C16H10N4OSSe. The summed E-state index contributed by atoms with van der Waals surface area (Å²) in [4.78, 5) is 17.0. The van der Waals surface area contributed by atoms with Crippen molar-refractivity contribution in [3.63, 3.8) is 0 Å². The molecule has 2 aromatic heterocycles. The van der Waals surface area contributed by atoms with Gasteiger partial charge < -0.3 is 0 Å². The molecule has 112 valence electrons. The van der Waals surface area contributed by atoms with E-state index in [-0.39, 0.29) is 5.78 Å². The van der Waals surface area contributed by atoms with E-state index in [1.165, 1.54) is 16.0 Å². The summed E-state index contributed by atoms with van der Waals surface area (Å²) in [5.41, 5.74) is 1.62. The molecule has 2 aromatic carbocycles. The Kier molecular flexibility index (Phi) is 3.53. The Morgan fingerprint density at radius 3 is 2.61 bits per heavy atom. The van der Waals surface area contributed by atoms with Crippen LogP contribution in [-0.4, -0.2) is 35.1 Å². The maximum atomic E-state index is 12.6. The molecule has 0 saturated carbocycles. The molecule has 7 heteroatoms. The van der Waals surface area contributed by atoms with Gasteiger partial charge in [-0.2, -0.15) is 0 Å². The standard InChI is InChI=1S/C16H10N4OSSe/c17-16-20(10-6-2-1-3-7-10)19-15(23-16)13(21)14-18-11-8-4-5-9-12(11)22-14/h1-9,17H. The van der Waals surface area contributed by atoms with E-state index in [1.54, 1.807) is 0 Å². The van der Waals surface area contributed by atoms with E-state index in [0.29, 0.717) is 13.9 Å². The topological polar surface area (TPSA) is 71.6 Å². The van der Waals surface area contributed by atoms with E-state index in [9.17, 15) is 4.79 Å². The molecule has 0 fully saturated rings. The fourth-order valence-corrected chi connectivity index (χ4v) is 4.77. The molecule has 0 radical (unpaired) electrons. The van der Waals surface area contributed by atoms with E-state index in [2.05, 4.69) is 10.1 Å². The van der Waals surface area contributed by atoms with Crippen molar-refractivity contribution in [2.24, 2.45) is 0 Å². The van der Waals surface area contributed by atoms with Crippen LogP contribution in [0.25, 0.3) is 15.9 Å². The van der Waals surface area contributed by atoms with E-state index in [0.717, 1.165) is 15.9 Å². The first kappa shape index (κ1) is 14.3. The van der Waals surface area contributed by atoms with Gasteiger partial charge in [-0.3, -0.25) is 0 Å². The zero-order valence-electron chi connectivity index (χ0n) is 11.8. The second-order valence-corrected chi connectivity index (χ2v) is 7.86. The molecule has 23 heavy (non-hydrogen) atoms. The van der Waals surface area contributed by atoms with E-state index >= 15 is 0 Å². The predicted octanol–water partition coefficient (Wildman–Crippen LogP) is 2.25. The molecule has 0 aliphatic carbocycles. The zero-order chi connectivity index (χ0) is 15.8. The van der Waals surface area contributed by atoms with Gasteiger partial charge in [0.2, 0.25) is 0 Å². The van der Waals surface area contributed by atoms with Crippen molar-refractivity contribution in [3.05, 3.63) is 68.5 Å². The fraction of sp³-hybridized carbons (Fsp3) is 0. The summed E-state index contributed by atoms with van der Waals surface area (Å²) in [5.74, 6) is -0.172. The second kappa shape index (κ2) is 5.70. The molecule has 5 nitrogen and oxygen atoms in total. The number of para-hydroxylation sites is 2. The van der Waals surface area contributed by atoms with Gasteiger partial charge in [-0.1, -0.05) is 0 Å². The molecular weight excluding hydrogens is 375 g/mol. The van der Waals surface area contributed by atoms with E-state index in [1.807, 2.05) is 54.6 Å². The molecule has 0 aliphatic rings. The Morgan fingerprint density at radius 1 is 1.09 bits per heavy atom. The first-order chi connectivity index (χ1) is 11.2. The minimum absolute atomic E-state index is 0.172. The van der Waals surface area contributed by atoms with Crippen molar-refractivity contribution < 1.29 is 4.79 Å². The average Bonchev–Trinajstić information content (AvgIpc) is 3.18. The fourth-order valence-electron chi connectivity index (χ4n) is 2.19. The maximum absolute atomic E-state index is 12.6. The van der Waals surface area contributed by atoms with Gasteiger partial charge >= 0.3 is 141 Å². The Bertz CT molecular complexity index is 1030. The Labute approximate surface area is 141 Å². The Morgan fingerprint density at radius 2 is 1.83 bits per heavy atom. The number of aromatic nitrogens is 3. The van der Waals surface area contributed by atoms with Crippen molar-refractivity contribution in [1.29, 1.82) is 5.41 Å². The molecule has 0 atom stereocenters. The molecule has 0 bridgehead atoms. The molecule has 0 saturated heterocycles. The van der Waals surface area contributed by atoms with Crippen molar-refractivity contribution >= 4 is 41.8 Å². The number of nitrogens with one attached hydrogen (secondary N) is 1. The van der Waals surface area contributed by atoms with Gasteiger partial charge in [-0.15, -0.1) is 0 Å². The number of hydrogen-bond acceptors (Lipinski definition) is 5. The summed E-state index contributed by atoms with van der Waals surface area (Å²) in [6, 6.07) is 17.1. The number of thiazole rings is 1. The Balaban J connectivity index is 1.76. The number of nitrogens with zero attached hydrogens (tertiary/aromatic N) is 3. The van der Waals surface area contributed by atoms with Crippen LogP contribution < -0.4 is 4.36 Å². The van der Waals surface area contributed by atoms with Crippen LogP contribution in [0.1, 0.15) is 14.4 Å². The van der Waals surface area contributed by atoms with Crippen molar-refractivity contribution in [2.45, 2.75) is 0 Å². The van der Waals surface area contributed by atoms with Crippen molar-refractivity contribution in [1.82, 2.24) is 14.8 Å². The summed E-state index contributed by atoms with van der Waals surface area (Å²) in [6.07, 6.45) is 0. The number of hydrogen-bond donors (Lipinski definition) is 1.